The Hall–Kier alpha value is -2.19. The Morgan fingerprint density at radius 2 is 0.909 bits per heavy atom. The number of hydrogen-bond acceptors (Lipinski definition) is 1. The third-order valence-electron chi connectivity index (χ3n) is 11.6. The molecule has 2 saturated carbocycles. The second-order valence-corrected chi connectivity index (χ2v) is 17.5. The fraction of sp³-hybridized carbons (Fsp3) is 0.667. The molecular formula is C51H82N3Rh-. The summed E-state index contributed by atoms with van der Waals surface area (Å²) in [4.78, 5) is 8.47. The molecule has 3 aliphatic rings. The fourth-order valence-electron chi connectivity index (χ4n) is 8.32. The van der Waals surface area contributed by atoms with Crippen molar-refractivity contribution in [3.8, 4) is 0 Å². The minimum atomic E-state index is 0. The molecule has 1 radical (unpaired) electrons. The molecule has 0 aromatic heterocycles. The van der Waals surface area contributed by atoms with Crippen molar-refractivity contribution >= 4 is 17.3 Å². The molecule has 0 amide bonds. The molecule has 0 N–H and O–H groups in total. The van der Waals surface area contributed by atoms with E-state index in [1.807, 2.05) is 0 Å². The maximum atomic E-state index is 5.72. The van der Waals surface area contributed by atoms with Crippen molar-refractivity contribution in [2.75, 3.05) is 0 Å². The van der Waals surface area contributed by atoms with Crippen LogP contribution in [0, 0.1) is 0 Å². The van der Waals surface area contributed by atoms with Gasteiger partial charge in [-0.15, -0.1) is 0 Å². The molecule has 3 aliphatic carbocycles. The summed E-state index contributed by atoms with van der Waals surface area (Å²) in [5.41, 5.74) is 7.69. The number of unbranched alkanes of at least 4 members (excludes halogenated alkanes) is 3. The Labute approximate surface area is 353 Å². The van der Waals surface area contributed by atoms with E-state index in [0.29, 0.717) is 35.8 Å². The molecule has 0 saturated heterocycles. The van der Waals surface area contributed by atoms with Crippen LogP contribution in [0.25, 0.3) is 5.32 Å². The van der Waals surface area contributed by atoms with Crippen molar-refractivity contribution in [1.82, 2.24) is 4.90 Å². The summed E-state index contributed by atoms with van der Waals surface area (Å²) in [7, 11) is 0. The first kappa shape index (κ1) is 49.0. The summed E-state index contributed by atoms with van der Waals surface area (Å²) in [6, 6.07) is 14.7. The third kappa shape index (κ3) is 16.3. The van der Waals surface area contributed by atoms with Gasteiger partial charge in [0.15, 0.2) is 0 Å². The van der Waals surface area contributed by atoms with Gasteiger partial charge in [-0.3, -0.25) is 0 Å². The molecule has 311 valence electrons. The van der Waals surface area contributed by atoms with Crippen LogP contribution in [0.5, 0.6) is 0 Å². The van der Waals surface area contributed by atoms with Crippen molar-refractivity contribution in [3.63, 3.8) is 0 Å². The molecule has 0 heterocycles. The zero-order valence-electron chi connectivity index (χ0n) is 37.1. The monoisotopic (exact) mass is 840 g/mol. The summed E-state index contributed by atoms with van der Waals surface area (Å²) in [6.45, 7) is 22.9. The molecule has 0 spiro atoms. The number of guanidine groups is 1. The average molecular weight is 840 g/mol. The standard InChI is InChI=1S/C37H56N3.C8H12.C6H14.Rh/c1-25(2)31-21-15-22-32(26(3)4)35(31)38-37(39-36-33(27(5)6)23-16-24-34(36)28(7)8)40(29-17-11-9-12-18-29)30-19-13-10-14-20-30;1-2-4-6-8-7-5-3-1;1-3-5-6-4-2;/h15-16,21-30H,9-14,17-20H2,1-8H3;1-2,7-8H,3-6H2;3-6H2,1-2H3;/q-1;;;/b;2-1-,8-7-;;. The normalized spacial score (nSPS) is 18.0. The molecule has 55 heavy (non-hydrogen) atoms. The van der Waals surface area contributed by atoms with Gasteiger partial charge in [-0.2, -0.15) is 0 Å². The molecule has 0 bridgehead atoms. The maximum absolute atomic E-state index is 5.72. The Balaban J connectivity index is 0.000000586. The van der Waals surface area contributed by atoms with Crippen LogP contribution >= 0.6 is 0 Å². The van der Waals surface area contributed by atoms with E-state index >= 15 is 0 Å². The summed E-state index contributed by atoms with van der Waals surface area (Å²) in [5.74, 6) is 2.61. The minimum absolute atomic E-state index is 0. The number of nitrogens with zero attached hydrogens (tertiary/aromatic N) is 3. The zero-order valence-corrected chi connectivity index (χ0v) is 38.8. The van der Waals surface area contributed by atoms with Crippen LogP contribution in [0.15, 0.2) is 65.7 Å². The van der Waals surface area contributed by atoms with E-state index in [-0.39, 0.29) is 19.5 Å². The Kier molecular flexibility index (Phi) is 24.4. The van der Waals surface area contributed by atoms with Crippen LogP contribution in [0.3, 0.4) is 0 Å². The van der Waals surface area contributed by atoms with E-state index in [0.717, 1.165) is 17.3 Å². The van der Waals surface area contributed by atoms with E-state index < -0.39 is 0 Å². The van der Waals surface area contributed by atoms with Crippen LogP contribution in [-0.2, 0) is 19.5 Å². The molecular weight excluding hydrogens is 757 g/mol. The van der Waals surface area contributed by atoms with Crippen molar-refractivity contribution in [2.45, 2.75) is 221 Å². The second-order valence-electron chi connectivity index (χ2n) is 17.5. The van der Waals surface area contributed by atoms with Crippen molar-refractivity contribution in [1.29, 1.82) is 0 Å². The van der Waals surface area contributed by atoms with Crippen LogP contribution < -0.4 is 0 Å². The van der Waals surface area contributed by atoms with Crippen LogP contribution in [0.1, 0.15) is 231 Å². The summed E-state index contributed by atoms with van der Waals surface area (Å²) in [6.07, 6.45) is 32.6. The zero-order chi connectivity index (χ0) is 39.3. The molecule has 0 atom stereocenters. The van der Waals surface area contributed by atoms with Gasteiger partial charge in [-0.05, 0) is 121 Å². The fourth-order valence-corrected chi connectivity index (χ4v) is 8.32. The van der Waals surface area contributed by atoms with Gasteiger partial charge >= 0.3 is 0 Å². The Bertz CT molecular complexity index is 1300. The summed E-state index contributed by atoms with van der Waals surface area (Å²) >= 11 is 0. The van der Waals surface area contributed by atoms with Gasteiger partial charge in [0.05, 0.1) is 0 Å². The van der Waals surface area contributed by atoms with Gasteiger partial charge in [-0.25, -0.2) is 0 Å². The van der Waals surface area contributed by atoms with Gasteiger partial charge in [0.25, 0.3) is 0 Å². The van der Waals surface area contributed by atoms with E-state index in [4.69, 9.17) is 10.3 Å². The summed E-state index contributed by atoms with van der Waals surface area (Å²) < 4.78 is 0. The molecule has 2 aromatic carbocycles. The molecule has 2 aromatic rings. The Morgan fingerprint density at radius 3 is 1.24 bits per heavy atom. The molecule has 0 aliphatic heterocycles. The van der Waals surface area contributed by atoms with Gasteiger partial charge in [0.1, 0.15) is 0 Å². The number of benzene rings is 2. The first-order chi connectivity index (χ1) is 26.1. The van der Waals surface area contributed by atoms with Gasteiger partial charge in [0.2, 0.25) is 0 Å². The average Bonchev–Trinajstić information content (AvgIpc) is 3.15. The molecule has 3 nitrogen and oxygen atoms in total. The van der Waals surface area contributed by atoms with E-state index in [1.54, 1.807) is 0 Å². The van der Waals surface area contributed by atoms with E-state index in [9.17, 15) is 0 Å². The second kappa shape index (κ2) is 27.4. The van der Waals surface area contributed by atoms with Gasteiger partial charge in [0, 0.05) is 25.4 Å². The predicted molar refractivity (Wildman–Crippen MR) is 242 cm³/mol. The van der Waals surface area contributed by atoms with E-state index in [1.165, 1.54) is 138 Å². The van der Waals surface area contributed by atoms with E-state index in [2.05, 4.69) is 135 Å². The maximum Gasteiger partial charge on any atom is 0.0191 e. The smallest absolute Gasteiger partial charge is 0.0191 e. The predicted octanol–water partition coefficient (Wildman–Crippen LogP) is 17.1. The van der Waals surface area contributed by atoms with Crippen molar-refractivity contribution in [2.24, 2.45) is 4.99 Å². The first-order valence-electron chi connectivity index (χ1n) is 22.7. The SMILES string of the molecule is C1=C\CC/C=C\CC/1.CC(C)c1cccc(C(C)C)c1N=C([N-]c1c(C(C)C)cccc1C(C)C)N(C1CCCCC1)C1CCCCC1.CCCCCC.[Rh]. The third-order valence-corrected chi connectivity index (χ3v) is 11.6. The number of rotatable bonds is 11. The largest absolute Gasteiger partial charge is 0.420 e. The molecule has 2 fully saturated rings. The van der Waals surface area contributed by atoms with Crippen molar-refractivity contribution < 1.29 is 19.5 Å². The summed E-state index contributed by atoms with van der Waals surface area (Å²) in [5, 5.41) is 5.72. The van der Waals surface area contributed by atoms with Crippen LogP contribution in [0.2, 0.25) is 0 Å². The molecule has 4 heteroatoms. The minimum Gasteiger partial charge on any atom is -0.420 e. The van der Waals surface area contributed by atoms with Crippen LogP contribution in [-0.4, -0.2) is 22.9 Å². The Morgan fingerprint density at radius 1 is 0.564 bits per heavy atom. The van der Waals surface area contributed by atoms with Crippen LogP contribution in [0.4, 0.5) is 11.4 Å². The van der Waals surface area contributed by atoms with Gasteiger partial charge < -0.3 is 15.2 Å². The number of para-hydroxylation sites is 2. The quantitative estimate of drug-likeness (QED) is 0.0729. The number of aliphatic imine (C=N–C) groups is 1. The molecule has 0 unspecified atom stereocenters. The topological polar surface area (TPSA) is 29.7 Å². The number of hydrogen-bond donors (Lipinski definition) is 0. The van der Waals surface area contributed by atoms with Gasteiger partial charge in [-0.1, -0.05) is 194 Å². The number of allylic oxidation sites excluding steroid dienone is 4. The first-order valence-corrected chi connectivity index (χ1v) is 22.7. The molecule has 5 rings (SSSR count). The van der Waals surface area contributed by atoms with Crippen molar-refractivity contribution in [3.05, 3.63) is 88.3 Å².